The number of hydrogen-bond acceptors (Lipinski definition) is 6. The van der Waals surface area contributed by atoms with Crippen LogP contribution < -0.4 is 9.16 Å². The van der Waals surface area contributed by atoms with Crippen LogP contribution in [0.5, 0.6) is 11.5 Å². The van der Waals surface area contributed by atoms with Gasteiger partial charge in [-0.15, -0.1) is 0 Å². The summed E-state index contributed by atoms with van der Waals surface area (Å²) in [5.74, 6) is 0.395. The summed E-state index contributed by atoms with van der Waals surface area (Å²) in [4.78, 5) is 12.5. The number of esters is 1. The molecule has 0 bridgehead atoms. The molecule has 1 heterocycles. The summed E-state index contributed by atoms with van der Waals surface area (Å²) in [5, 5.41) is 0.0116. The minimum absolute atomic E-state index is 0.0116. The average Bonchev–Trinajstić information content (AvgIpc) is 2.60. The molecule has 6 nitrogen and oxygen atoms in total. The van der Waals surface area contributed by atoms with Gasteiger partial charge in [0.05, 0.1) is 27.4 Å². The zero-order valence-electron chi connectivity index (χ0n) is 16.8. The first-order valence-electron chi connectivity index (χ1n) is 8.84. The van der Waals surface area contributed by atoms with E-state index in [1.807, 2.05) is 6.07 Å². The highest BCUT2D eigenvalue weighted by molar-refractivity contribution is 6.74. The topological polar surface area (TPSA) is 63.2 Å². The van der Waals surface area contributed by atoms with E-state index in [0.717, 1.165) is 6.42 Å². The lowest BCUT2D eigenvalue weighted by Crippen LogP contribution is -2.44. The number of ether oxygens (including phenoxy) is 4. The largest absolute Gasteiger partial charge is 0.541 e. The minimum Gasteiger partial charge on any atom is -0.541 e. The average molecular weight is 383 g/mol. The third-order valence-electron chi connectivity index (χ3n) is 5.00. The van der Waals surface area contributed by atoms with Gasteiger partial charge in [0.25, 0.3) is 8.32 Å². The van der Waals surface area contributed by atoms with Crippen molar-refractivity contribution < 1.29 is 28.2 Å². The van der Waals surface area contributed by atoms with E-state index in [0.29, 0.717) is 30.3 Å². The molecule has 0 aromatic heterocycles. The van der Waals surface area contributed by atoms with Gasteiger partial charge in [0.1, 0.15) is 11.3 Å². The molecule has 146 valence electrons. The molecule has 1 saturated heterocycles. The van der Waals surface area contributed by atoms with Crippen molar-refractivity contribution in [2.45, 2.75) is 51.6 Å². The van der Waals surface area contributed by atoms with Crippen molar-refractivity contribution in [2.24, 2.45) is 0 Å². The molecule has 0 spiro atoms. The van der Waals surface area contributed by atoms with Gasteiger partial charge < -0.3 is 23.4 Å². The number of hydrogen-bond donors (Lipinski definition) is 0. The van der Waals surface area contributed by atoms with Crippen molar-refractivity contribution in [3.05, 3.63) is 23.3 Å². The fourth-order valence-corrected chi connectivity index (χ4v) is 3.48. The predicted molar refractivity (Wildman–Crippen MR) is 101 cm³/mol. The van der Waals surface area contributed by atoms with Crippen molar-refractivity contribution in [3.63, 3.8) is 0 Å². The molecule has 0 unspecified atom stereocenters. The molecule has 2 rings (SSSR count). The summed E-state index contributed by atoms with van der Waals surface area (Å²) < 4.78 is 28.3. The van der Waals surface area contributed by atoms with E-state index < -0.39 is 20.6 Å². The van der Waals surface area contributed by atoms with Crippen LogP contribution >= 0.6 is 0 Å². The lowest BCUT2D eigenvalue weighted by Gasteiger charge is -2.37. The Balaban J connectivity index is 2.53. The first-order valence-corrected chi connectivity index (χ1v) is 11.7. The fourth-order valence-electron chi connectivity index (χ4n) is 2.47. The lowest BCUT2D eigenvalue weighted by atomic mass is 10.0. The van der Waals surface area contributed by atoms with Gasteiger partial charge in [-0.05, 0) is 36.7 Å². The maximum Gasteiger partial charge on any atom is 0.342 e. The monoisotopic (exact) mass is 382 g/mol. The van der Waals surface area contributed by atoms with Crippen LogP contribution in [-0.4, -0.2) is 41.7 Å². The molecular weight excluding hydrogens is 352 g/mol. The second-order valence-corrected chi connectivity index (χ2v) is 12.6. The molecule has 1 fully saturated rings. The second kappa shape index (κ2) is 7.98. The Morgan fingerprint density at radius 3 is 2.27 bits per heavy atom. The fraction of sp³-hybridized carbons (Fsp3) is 0.632. The molecule has 7 heteroatoms. The molecule has 1 aromatic carbocycles. The number of carbonyl (C=O) groups is 1. The van der Waals surface area contributed by atoms with Crippen LogP contribution in [0.4, 0.5) is 0 Å². The van der Waals surface area contributed by atoms with Gasteiger partial charge in [-0.1, -0.05) is 20.8 Å². The van der Waals surface area contributed by atoms with Crippen molar-refractivity contribution >= 4 is 14.3 Å². The summed E-state index contributed by atoms with van der Waals surface area (Å²) in [7, 11) is 0.750. The van der Waals surface area contributed by atoms with Crippen LogP contribution in [0.2, 0.25) is 18.1 Å². The molecule has 0 saturated carbocycles. The van der Waals surface area contributed by atoms with E-state index in [1.165, 1.54) is 14.2 Å². The summed E-state index contributed by atoms with van der Waals surface area (Å²) in [6.45, 7) is 11.9. The highest BCUT2D eigenvalue weighted by Crippen LogP contribution is 2.43. The maximum atomic E-state index is 12.5. The Morgan fingerprint density at radius 2 is 1.77 bits per heavy atom. The molecule has 0 atom stereocenters. The quantitative estimate of drug-likeness (QED) is 0.559. The van der Waals surface area contributed by atoms with E-state index in [1.54, 1.807) is 6.07 Å². The van der Waals surface area contributed by atoms with Gasteiger partial charge in [-0.25, -0.2) is 4.79 Å². The summed E-state index contributed by atoms with van der Waals surface area (Å²) in [6.07, 6.45) is 0.210. The molecule has 1 aliphatic rings. The van der Waals surface area contributed by atoms with Crippen LogP contribution in [0.25, 0.3) is 0 Å². The van der Waals surface area contributed by atoms with E-state index in [2.05, 4.69) is 33.9 Å². The summed E-state index contributed by atoms with van der Waals surface area (Å²) in [6, 6.07) is 3.62. The van der Waals surface area contributed by atoms with Crippen molar-refractivity contribution in [3.8, 4) is 11.5 Å². The number of carbonyl (C=O) groups excluding carboxylic acids is 1. The van der Waals surface area contributed by atoms with Crippen LogP contribution in [0.1, 0.15) is 49.4 Å². The van der Waals surface area contributed by atoms with Gasteiger partial charge in [0.2, 0.25) is 0 Å². The number of methoxy groups -OCH3 is 2. The predicted octanol–water partition coefficient (Wildman–Crippen LogP) is 4.30. The van der Waals surface area contributed by atoms with E-state index in [9.17, 15) is 4.79 Å². The molecule has 1 aliphatic heterocycles. The standard InChI is InChI=1S/C19H30O6Si/c1-19(2,3)26(6,7)25-14-10-9-13(18-23-11-8-12-24-18)15(16(14)21-4)17(20)22-5/h9-10,18H,8,11-12H2,1-7H3. The van der Waals surface area contributed by atoms with Crippen LogP contribution in [-0.2, 0) is 14.2 Å². The van der Waals surface area contributed by atoms with Crippen molar-refractivity contribution in [2.75, 3.05) is 27.4 Å². The molecule has 0 amide bonds. The Hall–Kier alpha value is -1.57. The molecule has 26 heavy (non-hydrogen) atoms. The second-order valence-electron chi connectivity index (χ2n) is 7.84. The molecule has 0 aliphatic carbocycles. The zero-order valence-corrected chi connectivity index (χ0v) is 17.8. The molecule has 1 aromatic rings. The maximum absolute atomic E-state index is 12.5. The van der Waals surface area contributed by atoms with Crippen LogP contribution in [0.15, 0.2) is 12.1 Å². The van der Waals surface area contributed by atoms with Gasteiger partial charge >= 0.3 is 5.97 Å². The normalized spacial score (nSPS) is 16.3. The van der Waals surface area contributed by atoms with Crippen molar-refractivity contribution in [1.82, 2.24) is 0 Å². The van der Waals surface area contributed by atoms with Crippen LogP contribution in [0, 0.1) is 0 Å². The highest BCUT2D eigenvalue weighted by Gasteiger charge is 2.40. The summed E-state index contributed by atoms with van der Waals surface area (Å²) >= 11 is 0. The first-order chi connectivity index (χ1) is 12.1. The zero-order chi connectivity index (χ0) is 19.5. The van der Waals surface area contributed by atoms with Gasteiger partial charge in [-0.3, -0.25) is 0 Å². The highest BCUT2D eigenvalue weighted by atomic mass is 28.4. The Morgan fingerprint density at radius 1 is 1.15 bits per heavy atom. The van der Waals surface area contributed by atoms with Crippen LogP contribution in [0.3, 0.4) is 0 Å². The third-order valence-corrected chi connectivity index (χ3v) is 9.34. The number of rotatable bonds is 5. The van der Waals surface area contributed by atoms with Gasteiger partial charge in [-0.2, -0.15) is 0 Å². The SMILES string of the molecule is COC(=O)c1c(C2OCCCO2)ccc(O[Si](C)(C)C(C)(C)C)c1OC. The van der Waals surface area contributed by atoms with Gasteiger partial charge in [0.15, 0.2) is 12.0 Å². The Kier molecular flexibility index (Phi) is 6.36. The van der Waals surface area contributed by atoms with E-state index >= 15 is 0 Å². The molecular formula is C19H30O6Si. The number of benzene rings is 1. The Labute approximate surface area is 156 Å². The first kappa shape index (κ1) is 20.7. The minimum atomic E-state index is -2.11. The third kappa shape index (κ3) is 4.21. The molecule has 0 radical (unpaired) electrons. The van der Waals surface area contributed by atoms with E-state index in [-0.39, 0.29) is 10.6 Å². The lowest BCUT2D eigenvalue weighted by molar-refractivity contribution is -0.183. The van der Waals surface area contributed by atoms with Gasteiger partial charge in [0, 0.05) is 5.56 Å². The summed E-state index contributed by atoms with van der Waals surface area (Å²) in [5.41, 5.74) is 0.883. The Bertz CT molecular complexity index is 644. The van der Waals surface area contributed by atoms with E-state index in [4.69, 9.17) is 23.4 Å². The smallest absolute Gasteiger partial charge is 0.342 e. The molecule has 0 N–H and O–H groups in total. The van der Waals surface area contributed by atoms with Crippen molar-refractivity contribution in [1.29, 1.82) is 0 Å².